The second-order valence-corrected chi connectivity index (χ2v) is 6.13. The number of aromatic nitrogens is 1. The summed E-state index contributed by atoms with van der Waals surface area (Å²) in [4.78, 5) is 4.24. The highest BCUT2D eigenvalue weighted by molar-refractivity contribution is 6.37. The fraction of sp³-hybridized carbons (Fsp3) is 0.643. The van der Waals surface area contributed by atoms with Gasteiger partial charge in [0.05, 0.1) is 10.0 Å². The van der Waals surface area contributed by atoms with Gasteiger partial charge in [0, 0.05) is 6.54 Å². The Hall–Kier alpha value is -0.710. The number of halogens is 2. The zero-order chi connectivity index (χ0) is 15.0. The SMILES string of the molecule is CC(C)CCCCCCNc1nc(NN)c(Cl)cc1Cl. The molecule has 0 spiro atoms. The fourth-order valence-corrected chi connectivity index (χ4v) is 2.41. The molecule has 0 fully saturated rings. The predicted molar refractivity (Wildman–Crippen MR) is 88.5 cm³/mol. The first-order chi connectivity index (χ1) is 9.54. The number of rotatable bonds is 9. The van der Waals surface area contributed by atoms with Gasteiger partial charge >= 0.3 is 0 Å². The molecule has 1 aromatic rings. The van der Waals surface area contributed by atoms with Gasteiger partial charge < -0.3 is 10.7 Å². The number of hydrazine groups is 1. The van der Waals surface area contributed by atoms with Crippen molar-refractivity contribution < 1.29 is 0 Å². The van der Waals surface area contributed by atoms with Gasteiger partial charge in [-0.15, -0.1) is 0 Å². The van der Waals surface area contributed by atoms with E-state index < -0.39 is 0 Å². The molecule has 20 heavy (non-hydrogen) atoms. The molecule has 4 N–H and O–H groups in total. The standard InChI is InChI=1S/C14H24Cl2N4/c1-10(2)7-5-3-4-6-8-18-13-11(15)9-12(16)14(19-13)20-17/h9-10H,3-8,17H2,1-2H3,(H2,18,19,20). The van der Waals surface area contributed by atoms with Gasteiger partial charge in [0.25, 0.3) is 0 Å². The van der Waals surface area contributed by atoms with Crippen LogP contribution in [-0.2, 0) is 0 Å². The van der Waals surface area contributed by atoms with E-state index in [-0.39, 0.29) is 0 Å². The molecule has 1 aromatic heterocycles. The lowest BCUT2D eigenvalue weighted by Crippen LogP contribution is -2.11. The van der Waals surface area contributed by atoms with Crippen LogP contribution in [0.4, 0.5) is 11.6 Å². The van der Waals surface area contributed by atoms with Crippen LogP contribution in [0.15, 0.2) is 6.07 Å². The van der Waals surface area contributed by atoms with Gasteiger partial charge in [-0.05, 0) is 18.4 Å². The molecule has 114 valence electrons. The second kappa shape index (κ2) is 9.27. The monoisotopic (exact) mass is 318 g/mol. The lowest BCUT2D eigenvalue weighted by atomic mass is 10.0. The van der Waals surface area contributed by atoms with E-state index in [9.17, 15) is 0 Å². The van der Waals surface area contributed by atoms with Crippen LogP contribution in [0, 0.1) is 5.92 Å². The van der Waals surface area contributed by atoms with E-state index in [1.807, 2.05) is 0 Å². The number of nitrogens with zero attached hydrogens (tertiary/aromatic N) is 1. The van der Waals surface area contributed by atoms with Gasteiger partial charge in [-0.2, -0.15) is 0 Å². The number of hydrogen-bond donors (Lipinski definition) is 3. The highest BCUT2D eigenvalue weighted by Crippen LogP contribution is 2.28. The molecule has 0 amide bonds. The normalized spacial score (nSPS) is 10.9. The summed E-state index contributed by atoms with van der Waals surface area (Å²) in [6.07, 6.45) is 6.21. The lowest BCUT2D eigenvalue weighted by molar-refractivity contribution is 0.523. The number of nitrogens with one attached hydrogen (secondary N) is 2. The van der Waals surface area contributed by atoms with Gasteiger partial charge in [-0.25, -0.2) is 10.8 Å². The lowest BCUT2D eigenvalue weighted by Gasteiger charge is -2.10. The van der Waals surface area contributed by atoms with Gasteiger partial charge in [0.1, 0.15) is 5.82 Å². The van der Waals surface area contributed by atoms with Crippen molar-refractivity contribution in [2.24, 2.45) is 11.8 Å². The molecular formula is C14H24Cl2N4. The Morgan fingerprint density at radius 3 is 2.40 bits per heavy atom. The Kier molecular flexibility index (Phi) is 8.04. The van der Waals surface area contributed by atoms with Crippen LogP contribution in [0.3, 0.4) is 0 Å². The summed E-state index contributed by atoms with van der Waals surface area (Å²) in [5.74, 6) is 7.18. The molecule has 0 saturated heterocycles. The molecular weight excluding hydrogens is 295 g/mol. The maximum absolute atomic E-state index is 6.08. The quantitative estimate of drug-likeness (QED) is 0.351. The molecule has 0 aliphatic carbocycles. The minimum atomic E-state index is 0.414. The van der Waals surface area contributed by atoms with Gasteiger partial charge in [0.2, 0.25) is 0 Å². The molecule has 6 heteroatoms. The van der Waals surface area contributed by atoms with Crippen molar-refractivity contribution in [3.05, 3.63) is 16.1 Å². The van der Waals surface area contributed by atoms with Crippen LogP contribution >= 0.6 is 23.2 Å². The topological polar surface area (TPSA) is 63.0 Å². The van der Waals surface area contributed by atoms with Gasteiger partial charge in [-0.3, -0.25) is 0 Å². The van der Waals surface area contributed by atoms with E-state index >= 15 is 0 Å². The molecule has 0 bridgehead atoms. The Morgan fingerprint density at radius 1 is 1.10 bits per heavy atom. The summed E-state index contributed by atoms with van der Waals surface area (Å²) >= 11 is 12.0. The Bertz CT molecular complexity index is 410. The van der Waals surface area contributed by atoms with Crippen LogP contribution in [0.25, 0.3) is 0 Å². The number of pyridine rings is 1. The zero-order valence-electron chi connectivity index (χ0n) is 12.2. The highest BCUT2D eigenvalue weighted by Gasteiger charge is 2.07. The molecule has 0 atom stereocenters. The number of anilines is 2. The Morgan fingerprint density at radius 2 is 1.75 bits per heavy atom. The minimum Gasteiger partial charge on any atom is -0.369 e. The van der Waals surface area contributed by atoms with Crippen molar-refractivity contribution in [3.8, 4) is 0 Å². The highest BCUT2D eigenvalue weighted by atomic mass is 35.5. The predicted octanol–water partition coefficient (Wildman–Crippen LogP) is 4.69. The van der Waals surface area contributed by atoms with E-state index in [2.05, 4.69) is 29.6 Å². The van der Waals surface area contributed by atoms with E-state index in [0.717, 1.165) is 18.9 Å². The molecule has 0 aliphatic rings. The van der Waals surface area contributed by atoms with Crippen molar-refractivity contribution in [2.75, 3.05) is 17.3 Å². The number of nitrogen functional groups attached to an aromatic ring is 1. The van der Waals surface area contributed by atoms with Crippen LogP contribution in [0.1, 0.15) is 46.0 Å². The summed E-state index contributed by atoms with van der Waals surface area (Å²) in [7, 11) is 0. The van der Waals surface area contributed by atoms with Crippen molar-refractivity contribution in [3.63, 3.8) is 0 Å². The van der Waals surface area contributed by atoms with Crippen LogP contribution < -0.4 is 16.6 Å². The van der Waals surface area contributed by atoms with Crippen LogP contribution in [0.5, 0.6) is 0 Å². The largest absolute Gasteiger partial charge is 0.369 e. The molecule has 0 aromatic carbocycles. The Labute approximate surface area is 131 Å². The molecule has 0 radical (unpaired) electrons. The fourth-order valence-electron chi connectivity index (χ4n) is 1.93. The second-order valence-electron chi connectivity index (χ2n) is 5.32. The van der Waals surface area contributed by atoms with Crippen molar-refractivity contribution in [1.82, 2.24) is 4.98 Å². The third-order valence-corrected chi connectivity index (χ3v) is 3.64. The van der Waals surface area contributed by atoms with Gasteiger partial charge in [0.15, 0.2) is 5.82 Å². The average Bonchev–Trinajstić information content (AvgIpc) is 2.39. The molecule has 0 unspecified atom stereocenters. The van der Waals surface area contributed by atoms with E-state index in [1.54, 1.807) is 6.07 Å². The van der Waals surface area contributed by atoms with E-state index in [4.69, 9.17) is 29.0 Å². The maximum Gasteiger partial charge on any atom is 0.161 e. The summed E-state index contributed by atoms with van der Waals surface area (Å²) in [6, 6.07) is 1.64. The van der Waals surface area contributed by atoms with Crippen molar-refractivity contribution >= 4 is 34.8 Å². The summed E-state index contributed by atoms with van der Waals surface area (Å²) < 4.78 is 0. The van der Waals surface area contributed by atoms with E-state index in [0.29, 0.717) is 21.7 Å². The first kappa shape index (κ1) is 17.3. The Balaban J connectivity index is 2.28. The maximum atomic E-state index is 6.08. The molecule has 0 aliphatic heterocycles. The summed E-state index contributed by atoms with van der Waals surface area (Å²) in [5, 5.41) is 4.14. The van der Waals surface area contributed by atoms with E-state index in [1.165, 1.54) is 25.7 Å². The molecule has 1 heterocycles. The zero-order valence-corrected chi connectivity index (χ0v) is 13.7. The third-order valence-electron chi connectivity index (χ3n) is 3.07. The molecule has 1 rings (SSSR count). The van der Waals surface area contributed by atoms with Crippen LogP contribution in [0.2, 0.25) is 10.0 Å². The summed E-state index contributed by atoms with van der Waals surface area (Å²) in [6.45, 7) is 5.37. The average molecular weight is 319 g/mol. The number of unbranched alkanes of at least 4 members (excludes halogenated alkanes) is 3. The van der Waals surface area contributed by atoms with Crippen molar-refractivity contribution in [2.45, 2.75) is 46.0 Å². The van der Waals surface area contributed by atoms with Crippen molar-refractivity contribution in [1.29, 1.82) is 0 Å². The summed E-state index contributed by atoms with van der Waals surface area (Å²) in [5.41, 5.74) is 2.45. The smallest absolute Gasteiger partial charge is 0.161 e. The van der Waals surface area contributed by atoms with Crippen LogP contribution in [-0.4, -0.2) is 11.5 Å². The number of hydrogen-bond acceptors (Lipinski definition) is 4. The first-order valence-electron chi connectivity index (χ1n) is 7.11. The first-order valence-corrected chi connectivity index (χ1v) is 7.86. The number of nitrogens with two attached hydrogens (primary N) is 1. The third kappa shape index (κ3) is 6.16. The minimum absolute atomic E-state index is 0.414. The van der Waals surface area contributed by atoms with Gasteiger partial charge in [-0.1, -0.05) is 62.7 Å². The molecule has 4 nitrogen and oxygen atoms in total. The molecule has 0 saturated carbocycles.